The minimum atomic E-state index is 0.375. The van der Waals surface area contributed by atoms with E-state index in [0.717, 1.165) is 5.56 Å². The Balaban J connectivity index is 3.20. The Morgan fingerprint density at radius 3 is 2.70 bits per heavy atom. The lowest BCUT2D eigenvalue weighted by Gasteiger charge is -1.94. The lowest BCUT2D eigenvalue weighted by atomic mass is 10.3. The van der Waals surface area contributed by atoms with E-state index in [0.29, 0.717) is 9.63 Å². The van der Waals surface area contributed by atoms with Crippen molar-refractivity contribution in [3.63, 3.8) is 0 Å². The highest BCUT2D eigenvalue weighted by Gasteiger charge is 1.91. The van der Waals surface area contributed by atoms with Crippen molar-refractivity contribution in [1.82, 2.24) is 4.98 Å². The van der Waals surface area contributed by atoms with Crippen LogP contribution >= 0.6 is 24.4 Å². The topological polar surface area (TPSA) is 41.8 Å². The quantitative estimate of drug-likeness (QED) is 0.626. The molecule has 0 aliphatic carbocycles. The predicted molar refractivity (Wildman–Crippen MR) is 47.5 cm³/mol. The molecular formula is C6H6N2S2. The standard InChI is InChI=1S/C6H6N2S2/c7-6(10)4-1-2-8-5(9)3-4/h1-3H,(H2,7,10)(H,8,9). The van der Waals surface area contributed by atoms with Gasteiger partial charge in [0, 0.05) is 11.8 Å². The molecule has 1 aromatic heterocycles. The van der Waals surface area contributed by atoms with Gasteiger partial charge in [0.15, 0.2) is 0 Å². The highest BCUT2D eigenvalue weighted by Crippen LogP contribution is 1.96. The second kappa shape index (κ2) is 2.90. The van der Waals surface area contributed by atoms with Gasteiger partial charge in [-0.3, -0.25) is 0 Å². The molecule has 10 heavy (non-hydrogen) atoms. The van der Waals surface area contributed by atoms with Crippen LogP contribution in [0.3, 0.4) is 0 Å². The molecule has 0 unspecified atom stereocenters. The zero-order valence-electron chi connectivity index (χ0n) is 5.13. The van der Waals surface area contributed by atoms with Crippen LogP contribution in [-0.2, 0) is 0 Å². The number of nitrogens with two attached hydrogens (primary N) is 1. The SMILES string of the molecule is NC(=S)c1cc[nH]c(=S)c1. The zero-order chi connectivity index (χ0) is 7.56. The first-order chi connectivity index (χ1) is 4.70. The maximum atomic E-state index is 5.35. The number of aromatic nitrogens is 1. The second-order valence-corrected chi connectivity index (χ2v) is 2.69. The maximum absolute atomic E-state index is 5.35. The minimum absolute atomic E-state index is 0.375. The van der Waals surface area contributed by atoms with Crippen molar-refractivity contribution in [2.24, 2.45) is 5.73 Å². The number of pyridine rings is 1. The van der Waals surface area contributed by atoms with Gasteiger partial charge in [-0.1, -0.05) is 24.4 Å². The van der Waals surface area contributed by atoms with E-state index in [-0.39, 0.29) is 0 Å². The van der Waals surface area contributed by atoms with Gasteiger partial charge in [-0.2, -0.15) is 0 Å². The molecule has 0 radical (unpaired) electrons. The van der Waals surface area contributed by atoms with E-state index in [1.807, 2.05) is 0 Å². The van der Waals surface area contributed by atoms with Crippen molar-refractivity contribution in [2.75, 3.05) is 0 Å². The van der Waals surface area contributed by atoms with Gasteiger partial charge in [0.05, 0.1) is 0 Å². The van der Waals surface area contributed by atoms with Gasteiger partial charge < -0.3 is 10.7 Å². The monoisotopic (exact) mass is 170 g/mol. The Morgan fingerprint density at radius 1 is 1.60 bits per heavy atom. The van der Waals surface area contributed by atoms with Crippen LogP contribution in [0.25, 0.3) is 0 Å². The molecule has 3 N–H and O–H groups in total. The normalized spacial score (nSPS) is 9.20. The second-order valence-electron chi connectivity index (χ2n) is 1.81. The fourth-order valence-corrected chi connectivity index (χ4v) is 0.920. The van der Waals surface area contributed by atoms with E-state index in [1.165, 1.54) is 0 Å². The molecule has 1 heterocycles. The number of rotatable bonds is 1. The van der Waals surface area contributed by atoms with Crippen molar-refractivity contribution in [1.29, 1.82) is 0 Å². The molecule has 0 saturated heterocycles. The van der Waals surface area contributed by atoms with Gasteiger partial charge in [-0.25, -0.2) is 0 Å². The summed E-state index contributed by atoms with van der Waals surface area (Å²) in [6.45, 7) is 0. The number of hydrogen-bond acceptors (Lipinski definition) is 2. The Kier molecular flexibility index (Phi) is 2.13. The van der Waals surface area contributed by atoms with Crippen molar-refractivity contribution in [3.8, 4) is 0 Å². The third kappa shape index (κ3) is 1.62. The fraction of sp³-hybridized carbons (Fsp3) is 0. The minimum Gasteiger partial charge on any atom is -0.389 e. The highest BCUT2D eigenvalue weighted by atomic mass is 32.1. The average molecular weight is 170 g/mol. The Hall–Kier alpha value is -0.740. The van der Waals surface area contributed by atoms with E-state index < -0.39 is 0 Å². The molecule has 0 bridgehead atoms. The summed E-state index contributed by atoms with van der Waals surface area (Å²) in [5, 5.41) is 0. The Labute approximate surface area is 69.1 Å². The van der Waals surface area contributed by atoms with Crippen LogP contribution < -0.4 is 5.73 Å². The van der Waals surface area contributed by atoms with Crippen molar-refractivity contribution in [2.45, 2.75) is 0 Å². The highest BCUT2D eigenvalue weighted by molar-refractivity contribution is 7.80. The van der Waals surface area contributed by atoms with Crippen LogP contribution in [0.2, 0.25) is 0 Å². The van der Waals surface area contributed by atoms with E-state index in [4.69, 9.17) is 30.2 Å². The summed E-state index contributed by atoms with van der Waals surface area (Å²) in [6.07, 6.45) is 1.72. The lowest BCUT2D eigenvalue weighted by molar-refractivity contribution is 1.29. The molecule has 4 heteroatoms. The maximum Gasteiger partial charge on any atom is 0.104 e. The molecule has 0 amide bonds. The molecule has 2 nitrogen and oxygen atoms in total. The molecule has 52 valence electrons. The van der Waals surface area contributed by atoms with Crippen LogP contribution in [0.1, 0.15) is 5.56 Å². The van der Waals surface area contributed by atoms with E-state index in [1.54, 1.807) is 18.3 Å². The summed E-state index contributed by atoms with van der Waals surface area (Å²) in [6, 6.07) is 3.52. The fourth-order valence-electron chi connectivity index (χ4n) is 0.598. The summed E-state index contributed by atoms with van der Waals surface area (Å²) >= 11 is 9.59. The molecule has 0 spiro atoms. The largest absolute Gasteiger partial charge is 0.389 e. The molecule has 0 fully saturated rings. The summed E-state index contributed by atoms with van der Waals surface area (Å²) in [5.74, 6) is 0. The zero-order valence-corrected chi connectivity index (χ0v) is 6.76. The van der Waals surface area contributed by atoms with Crippen molar-refractivity contribution in [3.05, 3.63) is 28.5 Å². The Morgan fingerprint density at radius 2 is 2.30 bits per heavy atom. The van der Waals surface area contributed by atoms with Crippen LogP contribution in [-0.4, -0.2) is 9.97 Å². The average Bonchev–Trinajstić information content (AvgIpc) is 1.88. The summed E-state index contributed by atoms with van der Waals surface area (Å²) in [5.41, 5.74) is 6.16. The number of hydrogen-bond donors (Lipinski definition) is 2. The van der Waals surface area contributed by atoms with Crippen LogP contribution in [0, 0.1) is 4.64 Å². The molecular weight excluding hydrogens is 164 g/mol. The summed E-state index contributed by atoms with van der Waals surface area (Å²) in [4.78, 5) is 3.20. The van der Waals surface area contributed by atoms with Gasteiger partial charge in [0.1, 0.15) is 9.63 Å². The van der Waals surface area contributed by atoms with Crippen LogP contribution in [0.5, 0.6) is 0 Å². The summed E-state index contributed by atoms with van der Waals surface area (Å²) in [7, 11) is 0. The number of aromatic amines is 1. The van der Waals surface area contributed by atoms with Gasteiger partial charge in [0.25, 0.3) is 0 Å². The smallest absolute Gasteiger partial charge is 0.104 e. The third-order valence-corrected chi connectivity index (χ3v) is 1.53. The first-order valence-corrected chi connectivity index (χ1v) is 3.50. The number of thiocarbonyl (C=S) groups is 1. The van der Waals surface area contributed by atoms with Crippen molar-refractivity contribution < 1.29 is 0 Å². The molecule has 0 aliphatic heterocycles. The number of nitrogens with one attached hydrogen (secondary N) is 1. The van der Waals surface area contributed by atoms with Crippen LogP contribution in [0.4, 0.5) is 0 Å². The van der Waals surface area contributed by atoms with E-state index >= 15 is 0 Å². The first kappa shape index (κ1) is 7.37. The predicted octanol–water partition coefficient (Wildman–Crippen LogP) is 1.38. The van der Waals surface area contributed by atoms with Crippen LogP contribution in [0.15, 0.2) is 18.3 Å². The number of H-pyrrole nitrogens is 1. The molecule has 1 rings (SSSR count). The lowest BCUT2D eigenvalue weighted by Crippen LogP contribution is -2.08. The summed E-state index contributed by atoms with van der Waals surface area (Å²) < 4.78 is 0.644. The molecule has 1 aromatic rings. The van der Waals surface area contributed by atoms with Gasteiger partial charge in [-0.15, -0.1) is 0 Å². The Bertz CT molecular complexity index is 303. The van der Waals surface area contributed by atoms with Gasteiger partial charge >= 0.3 is 0 Å². The van der Waals surface area contributed by atoms with Gasteiger partial charge in [0.2, 0.25) is 0 Å². The van der Waals surface area contributed by atoms with Gasteiger partial charge in [-0.05, 0) is 12.1 Å². The van der Waals surface area contributed by atoms with E-state index in [2.05, 4.69) is 4.98 Å². The first-order valence-electron chi connectivity index (χ1n) is 2.68. The molecule has 0 saturated carbocycles. The molecule has 0 aromatic carbocycles. The van der Waals surface area contributed by atoms with E-state index in [9.17, 15) is 0 Å². The molecule has 0 aliphatic rings. The van der Waals surface area contributed by atoms with Crippen molar-refractivity contribution >= 4 is 29.4 Å². The molecule has 0 atom stereocenters. The third-order valence-electron chi connectivity index (χ3n) is 1.06.